The molecule has 0 atom stereocenters. The molecule has 3 heterocycles. The number of morpholine rings is 1. The summed E-state index contributed by atoms with van der Waals surface area (Å²) in [6, 6.07) is 0. The highest BCUT2D eigenvalue weighted by Gasteiger charge is 2.28. The second kappa shape index (κ2) is 5.99. The molecule has 0 saturated carbocycles. The number of amidine groups is 2. The van der Waals surface area contributed by atoms with Gasteiger partial charge in [-0.3, -0.25) is 0 Å². The van der Waals surface area contributed by atoms with Gasteiger partial charge in [0.2, 0.25) is 5.17 Å². The van der Waals surface area contributed by atoms with Crippen LogP contribution < -0.4 is 0 Å². The van der Waals surface area contributed by atoms with Crippen molar-refractivity contribution in [1.29, 1.82) is 0 Å². The minimum absolute atomic E-state index is 0.0639. The molecule has 0 aromatic rings. The van der Waals surface area contributed by atoms with E-state index < -0.39 is 0 Å². The zero-order valence-corrected chi connectivity index (χ0v) is 12.3. The van der Waals surface area contributed by atoms with E-state index >= 15 is 0 Å². The molecule has 0 amide bonds. The van der Waals surface area contributed by atoms with Gasteiger partial charge in [0.1, 0.15) is 5.70 Å². The van der Waals surface area contributed by atoms with Gasteiger partial charge in [-0.25, -0.2) is 10.0 Å². The molecular formula is C13H18N4O2S. The van der Waals surface area contributed by atoms with Crippen molar-refractivity contribution in [1.82, 2.24) is 9.91 Å². The van der Waals surface area contributed by atoms with E-state index in [2.05, 4.69) is 21.1 Å². The Hall–Kier alpha value is -1.31. The Balaban J connectivity index is 1.90. The number of hydrogen-bond donors (Lipinski definition) is 1. The first-order chi connectivity index (χ1) is 9.81. The fraction of sp³-hybridized carbons (Fsp3) is 0.538. The molecule has 7 heteroatoms. The van der Waals surface area contributed by atoms with Crippen LogP contribution >= 0.6 is 11.8 Å². The van der Waals surface area contributed by atoms with E-state index in [4.69, 9.17) is 4.74 Å². The average molecular weight is 294 g/mol. The van der Waals surface area contributed by atoms with Crippen LogP contribution in [0.15, 0.2) is 33.6 Å². The molecule has 20 heavy (non-hydrogen) atoms. The summed E-state index contributed by atoms with van der Waals surface area (Å²) in [6.07, 6.45) is 6.70. The Morgan fingerprint density at radius 1 is 1.40 bits per heavy atom. The third kappa shape index (κ3) is 2.61. The highest BCUT2D eigenvalue weighted by Crippen LogP contribution is 2.26. The molecule has 3 aliphatic rings. The summed E-state index contributed by atoms with van der Waals surface area (Å²) < 4.78 is 5.40. The highest BCUT2D eigenvalue weighted by atomic mass is 32.2. The van der Waals surface area contributed by atoms with Gasteiger partial charge in [-0.2, -0.15) is 0 Å². The van der Waals surface area contributed by atoms with Crippen LogP contribution in [-0.2, 0) is 4.74 Å². The van der Waals surface area contributed by atoms with Crippen molar-refractivity contribution in [2.75, 3.05) is 39.2 Å². The van der Waals surface area contributed by atoms with Gasteiger partial charge in [0.05, 0.1) is 19.8 Å². The van der Waals surface area contributed by atoms with E-state index in [0.29, 0.717) is 0 Å². The molecule has 3 aliphatic heterocycles. The lowest BCUT2D eigenvalue weighted by Crippen LogP contribution is -2.45. The van der Waals surface area contributed by atoms with Crippen molar-refractivity contribution in [2.45, 2.75) is 6.42 Å². The Kier molecular flexibility index (Phi) is 4.09. The van der Waals surface area contributed by atoms with Gasteiger partial charge in [0, 0.05) is 19.3 Å². The molecule has 0 unspecified atom stereocenters. The minimum Gasteiger partial charge on any atom is -0.392 e. The number of fused-ring (bicyclic) bond motifs is 1. The van der Waals surface area contributed by atoms with Crippen LogP contribution in [0.4, 0.5) is 0 Å². The second-order valence-electron chi connectivity index (χ2n) is 4.71. The molecular weight excluding hydrogens is 276 g/mol. The zero-order chi connectivity index (χ0) is 13.9. The predicted octanol–water partition coefficient (Wildman–Crippen LogP) is 0.830. The Bertz CT molecular complexity index is 507. The SMILES string of the molecule is CSC1=NN2C=C(CO)CC=C2C(N2CCOCC2)=N1. The van der Waals surface area contributed by atoms with Crippen LogP contribution in [-0.4, -0.2) is 65.2 Å². The van der Waals surface area contributed by atoms with Crippen molar-refractivity contribution in [3.05, 3.63) is 23.5 Å². The van der Waals surface area contributed by atoms with Crippen molar-refractivity contribution < 1.29 is 9.84 Å². The number of rotatable bonds is 1. The first-order valence-electron chi connectivity index (χ1n) is 6.66. The van der Waals surface area contributed by atoms with E-state index in [1.54, 1.807) is 0 Å². The second-order valence-corrected chi connectivity index (χ2v) is 5.48. The van der Waals surface area contributed by atoms with Gasteiger partial charge in [-0.15, -0.1) is 5.10 Å². The standard InChI is InChI=1S/C13H18N4O2S/c1-20-13-14-12(16-4-6-19-7-5-16)11-3-2-10(9-18)8-17(11)15-13/h3,8,18H,2,4-7,9H2,1H3. The van der Waals surface area contributed by atoms with Crippen LogP contribution in [0, 0.1) is 0 Å². The molecule has 1 saturated heterocycles. The summed E-state index contributed by atoms with van der Waals surface area (Å²) in [5.74, 6) is 0.959. The van der Waals surface area contributed by atoms with E-state index in [1.807, 2.05) is 17.5 Å². The number of nitrogens with zero attached hydrogens (tertiary/aromatic N) is 4. The van der Waals surface area contributed by atoms with Crippen molar-refractivity contribution in [3.8, 4) is 0 Å². The molecule has 1 fully saturated rings. The van der Waals surface area contributed by atoms with Crippen LogP contribution in [0.25, 0.3) is 0 Å². The fourth-order valence-corrected chi connectivity index (χ4v) is 2.70. The molecule has 0 bridgehead atoms. The van der Waals surface area contributed by atoms with Gasteiger partial charge in [0.25, 0.3) is 0 Å². The van der Waals surface area contributed by atoms with E-state index in [-0.39, 0.29) is 6.61 Å². The predicted molar refractivity (Wildman–Crippen MR) is 80.5 cm³/mol. The van der Waals surface area contributed by atoms with E-state index in [0.717, 1.165) is 55.0 Å². The molecule has 0 aromatic carbocycles. The van der Waals surface area contributed by atoms with Crippen LogP contribution in [0.3, 0.4) is 0 Å². The summed E-state index contributed by atoms with van der Waals surface area (Å²) in [5, 5.41) is 16.3. The summed E-state index contributed by atoms with van der Waals surface area (Å²) in [4.78, 5) is 6.90. The average Bonchev–Trinajstić information content (AvgIpc) is 2.53. The first kappa shape index (κ1) is 13.7. The van der Waals surface area contributed by atoms with E-state index in [9.17, 15) is 5.11 Å². The highest BCUT2D eigenvalue weighted by molar-refractivity contribution is 8.13. The van der Waals surface area contributed by atoms with Gasteiger partial charge in [-0.05, 0) is 18.2 Å². The van der Waals surface area contributed by atoms with Gasteiger partial charge in [0.15, 0.2) is 5.84 Å². The molecule has 1 N–H and O–H groups in total. The number of ether oxygens (including phenoxy) is 1. The first-order valence-corrected chi connectivity index (χ1v) is 7.88. The lowest BCUT2D eigenvalue weighted by Gasteiger charge is -2.36. The Morgan fingerprint density at radius 2 is 2.20 bits per heavy atom. The number of hydrogen-bond acceptors (Lipinski definition) is 7. The lowest BCUT2D eigenvalue weighted by molar-refractivity contribution is 0.0676. The van der Waals surface area contributed by atoms with Crippen LogP contribution in [0.2, 0.25) is 0 Å². The summed E-state index contributed by atoms with van der Waals surface area (Å²) >= 11 is 1.52. The summed E-state index contributed by atoms with van der Waals surface area (Å²) in [7, 11) is 0. The van der Waals surface area contributed by atoms with Crippen molar-refractivity contribution in [2.24, 2.45) is 10.1 Å². The Morgan fingerprint density at radius 3 is 2.90 bits per heavy atom. The zero-order valence-electron chi connectivity index (χ0n) is 11.4. The quantitative estimate of drug-likeness (QED) is 0.776. The smallest absolute Gasteiger partial charge is 0.209 e. The maximum atomic E-state index is 9.28. The van der Waals surface area contributed by atoms with Crippen molar-refractivity contribution in [3.63, 3.8) is 0 Å². The molecule has 6 nitrogen and oxygen atoms in total. The topological polar surface area (TPSA) is 60.7 Å². The number of thioether (sulfide) groups is 1. The molecule has 3 rings (SSSR count). The normalized spacial score (nSPS) is 22.7. The maximum absolute atomic E-state index is 9.28. The summed E-state index contributed by atoms with van der Waals surface area (Å²) in [5.41, 5.74) is 1.96. The third-order valence-electron chi connectivity index (χ3n) is 3.43. The number of aliphatic hydroxyl groups excluding tert-OH is 1. The monoisotopic (exact) mass is 294 g/mol. The Labute approximate surface area is 122 Å². The number of allylic oxidation sites excluding steroid dienone is 1. The van der Waals surface area contributed by atoms with Gasteiger partial charge < -0.3 is 14.7 Å². The number of hydrazone groups is 1. The molecule has 0 radical (unpaired) electrons. The number of aliphatic hydroxyl groups is 1. The lowest BCUT2D eigenvalue weighted by atomic mass is 10.1. The molecule has 0 spiro atoms. The molecule has 0 aromatic heterocycles. The van der Waals surface area contributed by atoms with E-state index in [1.165, 1.54) is 11.8 Å². The number of aliphatic imine (C=N–C) groups is 1. The fourth-order valence-electron chi connectivity index (χ4n) is 2.36. The molecule has 0 aliphatic carbocycles. The van der Waals surface area contributed by atoms with Crippen molar-refractivity contribution >= 4 is 22.8 Å². The maximum Gasteiger partial charge on any atom is 0.209 e. The molecule has 108 valence electrons. The third-order valence-corrected chi connectivity index (χ3v) is 3.97. The largest absolute Gasteiger partial charge is 0.392 e. The van der Waals surface area contributed by atoms with Gasteiger partial charge >= 0.3 is 0 Å². The van der Waals surface area contributed by atoms with Crippen LogP contribution in [0.1, 0.15) is 6.42 Å². The van der Waals surface area contributed by atoms with Gasteiger partial charge in [-0.1, -0.05) is 17.8 Å². The minimum atomic E-state index is 0.0639. The van der Waals surface area contributed by atoms with Crippen LogP contribution in [0.5, 0.6) is 0 Å². The summed E-state index contributed by atoms with van der Waals surface area (Å²) in [6.45, 7) is 3.23.